The van der Waals surface area contributed by atoms with Crippen LogP contribution in [-0.2, 0) is 20.5 Å². The van der Waals surface area contributed by atoms with E-state index in [4.69, 9.17) is 9.72 Å². The van der Waals surface area contributed by atoms with Crippen LogP contribution in [0.2, 0.25) is 0 Å². The van der Waals surface area contributed by atoms with Crippen molar-refractivity contribution < 1.29 is 17.9 Å². The average molecular weight is 542 g/mol. The summed E-state index contributed by atoms with van der Waals surface area (Å²) >= 11 is 1.65. The van der Waals surface area contributed by atoms with Crippen molar-refractivity contribution in [1.82, 2.24) is 13.9 Å². The van der Waals surface area contributed by atoms with Crippen molar-refractivity contribution in [2.24, 2.45) is 5.92 Å². The fourth-order valence-corrected chi connectivity index (χ4v) is 8.10. The number of esters is 1. The zero-order chi connectivity index (χ0) is 26.0. The predicted octanol–water partition coefficient (Wildman–Crippen LogP) is 6.04. The molecule has 0 amide bonds. The molecule has 1 aromatic heterocycles. The molecule has 2 heterocycles. The lowest BCUT2D eigenvalue weighted by atomic mass is 10.0. The molecular weight excluding hydrogens is 506 g/mol. The Bertz CT molecular complexity index is 1360. The molecule has 1 aliphatic heterocycles. The third kappa shape index (κ3) is 5.59. The summed E-state index contributed by atoms with van der Waals surface area (Å²) in [6.45, 7) is 5.42. The molecule has 1 aliphatic carbocycles. The molecule has 1 atom stereocenters. The van der Waals surface area contributed by atoms with E-state index in [1.807, 2.05) is 18.2 Å². The molecule has 1 saturated carbocycles. The summed E-state index contributed by atoms with van der Waals surface area (Å²) in [6, 6.07) is 13.3. The Kier molecular flexibility index (Phi) is 7.93. The summed E-state index contributed by atoms with van der Waals surface area (Å²) in [5, 5.41) is 0.914. The van der Waals surface area contributed by atoms with Gasteiger partial charge in [-0.05, 0) is 74.4 Å². The van der Waals surface area contributed by atoms with Crippen molar-refractivity contribution in [3.8, 4) is 0 Å². The molecule has 7 nitrogen and oxygen atoms in total. The van der Waals surface area contributed by atoms with E-state index in [1.165, 1.54) is 12.8 Å². The van der Waals surface area contributed by atoms with E-state index >= 15 is 0 Å². The van der Waals surface area contributed by atoms with Gasteiger partial charge in [0.25, 0.3) is 0 Å². The van der Waals surface area contributed by atoms with Crippen molar-refractivity contribution in [3.63, 3.8) is 0 Å². The van der Waals surface area contributed by atoms with Crippen LogP contribution in [0, 0.1) is 5.92 Å². The second-order valence-electron chi connectivity index (χ2n) is 10.2. The first-order valence-corrected chi connectivity index (χ1v) is 15.7. The van der Waals surface area contributed by atoms with Crippen molar-refractivity contribution in [2.45, 2.75) is 74.2 Å². The Morgan fingerprint density at radius 2 is 1.84 bits per heavy atom. The molecule has 9 heteroatoms. The van der Waals surface area contributed by atoms with Crippen LogP contribution in [0.3, 0.4) is 0 Å². The van der Waals surface area contributed by atoms with Gasteiger partial charge in [0, 0.05) is 24.9 Å². The number of piperidine rings is 1. The largest absolute Gasteiger partial charge is 0.462 e. The van der Waals surface area contributed by atoms with E-state index in [9.17, 15) is 13.2 Å². The van der Waals surface area contributed by atoms with Crippen LogP contribution in [0.15, 0.2) is 52.5 Å². The molecule has 1 saturated heterocycles. The number of imidazole rings is 1. The van der Waals surface area contributed by atoms with Crippen LogP contribution < -0.4 is 0 Å². The van der Waals surface area contributed by atoms with Gasteiger partial charge in [-0.2, -0.15) is 4.31 Å². The lowest BCUT2D eigenvalue weighted by molar-refractivity contribution is 0.0526. The molecule has 2 aromatic carbocycles. The minimum atomic E-state index is -3.54. The van der Waals surface area contributed by atoms with Crippen molar-refractivity contribution in [1.29, 1.82) is 0 Å². The first-order chi connectivity index (χ1) is 17.9. The Hall–Kier alpha value is -2.36. The van der Waals surface area contributed by atoms with Gasteiger partial charge in [-0.15, -0.1) is 0 Å². The molecule has 2 fully saturated rings. The SMILES string of the molecule is CCOC(=O)c1ccc(CSc2nc3cc(S(=O)(=O)N4CCCC(C)C4)ccc3n2C2CCCC2)cc1. The number of carbonyl (C=O) groups excluding carboxylic acids is 1. The fraction of sp³-hybridized carbons (Fsp3) is 0.500. The number of aromatic nitrogens is 2. The number of thioether (sulfide) groups is 1. The maximum absolute atomic E-state index is 13.4. The Labute approximate surface area is 223 Å². The van der Waals surface area contributed by atoms with Crippen LogP contribution >= 0.6 is 11.8 Å². The molecule has 37 heavy (non-hydrogen) atoms. The number of nitrogens with zero attached hydrogens (tertiary/aromatic N) is 3. The third-order valence-electron chi connectivity index (χ3n) is 7.41. The van der Waals surface area contributed by atoms with Gasteiger partial charge in [-0.3, -0.25) is 0 Å². The van der Waals surface area contributed by atoms with Crippen molar-refractivity contribution in [2.75, 3.05) is 19.7 Å². The average Bonchev–Trinajstić information content (AvgIpc) is 3.55. The van der Waals surface area contributed by atoms with Gasteiger partial charge in [0.15, 0.2) is 5.16 Å². The highest BCUT2D eigenvalue weighted by molar-refractivity contribution is 7.98. The van der Waals surface area contributed by atoms with Gasteiger partial charge in [0.2, 0.25) is 10.0 Å². The smallest absolute Gasteiger partial charge is 0.338 e. The van der Waals surface area contributed by atoms with Gasteiger partial charge in [0.1, 0.15) is 0 Å². The summed E-state index contributed by atoms with van der Waals surface area (Å²) in [7, 11) is -3.54. The molecule has 0 N–H and O–H groups in total. The molecule has 198 valence electrons. The van der Waals surface area contributed by atoms with E-state index < -0.39 is 10.0 Å². The van der Waals surface area contributed by atoms with Crippen LogP contribution in [0.5, 0.6) is 0 Å². The van der Waals surface area contributed by atoms with Gasteiger partial charge in [0.05, 0.1) is 28.1 Å². The van der Waals surface area contributed by atoms with Crippen molar-refractivity contribution >= 4 is 38.8 Å². The number of ether oxygens (including phenoxy) is 1. The number of hydrogen-bond acceptors (Lipinski definition) is 6. The topological polar surface area (TPSA) is 81.5 Å². The third-order valence-corrected chi connectivity index (χ3v) is 10.3. The molecule has 1 unspecified atom stereocenters. The second-order valence-corrected chi connectivity index (χ2v) is 13.1. The summed E-state index contributed by atoms with van der Waals surface area (Å²) in [6.07, 6.45) is 6.59. The quantitative estimate of drug-likeness (QED) is 0.255. The zero-order valence-corrected chi connectivity index (χ0v) is 23.2. The van der Waals surface area contributed by atoms with E-state index in [2.05, 4.69) is 11.5 Å². The maximum Gasteiger partial charge on any atom is 0.338 e. The highest BCUT2D eigenvalue weighted by Gasteiger charge is 2.30. The minimum Gasteiger partial charge on any atom is -0.462 e. The Morgan fingerprint density at radius 1 is 1.08 bits per heavy atom. The molecule has 0 bridgehead atoms. The predicted molar refractivity (Wildman–Crippen MR) is 146 cm³/mol. The lowest BCUT2D eigenvalue weighted by Gasteiger charge is -2.30. The number of sulfonamides is 1. The van der Waals surface area contributed by atoms with Gasteiger partial charge < -0.3 is 9.30 Å². The van der Waals surface area contributed by atoms with Gasteiger partial charge >= 0.3 is 5.97 Å². The lowest BCUT2D eigenvalue weighted by Crippen LogP contribution is -2.39. The molecule has 3 aromatic rings. The molecular formula is C28H35N3O4S2. The summed E-state index contributed by atoms with van der Waals surface area (Å²) in [5.74, 6) is 0.772. The van der Waals surface area contributed by atoms with Crippen LogP contribution in [0.1, 0.15) is 74.3 Å². The second kappa shape index (κ2) is 11.2. The molecule has 0 spiro atoms. The monoisotopic (exact) mass is 541 g/mol. The summed E-state index contributed by atoms with van der Waals surface area (Å²) in [4.78, 5) is 17.2. The van der Waals surface area contributed by atoms with E-state index in [-0.39, 0.29) is 5.97 Å². The molecule has 2 aliphatic rings. The highest BCUT2D eigenvalue weighted by Crippen LogP contribution is 2.38. The van der Waals surface area contributed by atoms with E-state index in [0.717, 1.165) is 47.4 Å². The first-order valence-electron chi connectivity index (χ1n) is 13.3. The van der Waals surface area contributed by atoms with E-state index in [0.29, 0.717) is 47.9 Å². The van der Waals surface area contributed by atoms with Crippen LogP contribution in [-0.4, -0.2) is 47.9 Å². The van der Waals surface area contributed by atoms with Crippen molar-refractivity contribution in [3.05, 3.63) is 53.6 Å². The van der Waals surface area contributed by atoms with Crippen LogP contribution in [0.4, 0.5) is 0 Å². The maximum atomic E-state index is 13.4. The molecule has 5 rings (SSSR count). The molecule has 0 radical (unpaired) electrons. The number of fused-ring (bicyclic) bond motifs is 1. The van der Waals surface area contributed by atoms with Gasteiger partial charge in [-0.1, -0.05) is 43.7 Å². The zero-order valence-electron chi connectivity index (χ0n) is 21.6. The number of rotatable bonds is 8. The summed E-state index contributed by atoms with van der Waals surface area (Å²) < 4.78 is 35.8. The summed E-state index contributed by atoms with van der Waals surface area (Å²) in [5.41, 5.74) is 3.37. The highest BCUT2D eigenvalue weighted by atomic mass is 32.2. The number of carbonyl (C=O) groups is 1. The van der Waals surface area contributed by atoms with Crippen LogP contribution in [0.25, 0.3) is 11.0 Å². The minimum absolute atomic E-state index is 0.311. The fourth-order valence-electron chi connectivity index (χ4n) is 5.45. The standard InChI is InChI=1S/C28H35N3O4S2/c1-3-35-27(32)22-12-10-21(11-13-22)19-36-28-29-25-17-24(37(33,34)30-16-6-7-20(2)18-30)14-15-26(25)31(28)23-8-4-5-9-23/h10-15,17,20,23H,3-9,16,18-19H2,1-2H3. The van der Waals surface area contributed by atoms with E-state index in [1.54, 1.807) is 47.3 Å². The first kappa shape index (κ1) is 26.3. The number of benzene rings is 2. The Balaban J connectivity index is 1.42. The van der Waals surface area contributed by atoms with Gasteiger partial charge in [-0.25, -0.2) is 18.2 Å². The Morgan fingerprint density at radius 3 is 2.54 bits per heavy atom. The number of hydrogen-bond donors (Lipinski definition) is 0. The normalized spacial score (nSPS) is 19.5.